The lowest BCUT2D eigenvalue weighted by Crippen LogP contribution is -2.39. The van der Waals surface area contributed by atoms with Crippen LogP contribution in [0.15, 0.2) is 24.3 Å². The maximum absolute atomic E-state index is 12.5. The van der Waals surface area contributed by atoms with E-state index in [1.165, 1.54) is 12.1 Å². The van der Waals surface area contributed by atoms with Crippen molar-refractivity contribution in [3.05, 3.63) is 29.8 Å². The van der Waals surface area contributed by atoms with E-state index < -0.39 is 23.8 Å². The topological polar surface area (TPSA) is 61.4 Å². The van der Waals surface area contributed by atoms with E-state index >= 15 is 0 Å². The van der Waals surface area contributed by atoms with Gasteiger partial charge in [-0.05, 0) is 24.6 Å². The SMILES string of the molecule is CCC(CO)NC(=O)Nc1cccc(C(F)(F)F)c1. The van der Waals surface area contributed by atoms with Crippen LogP contribution in [-0.2, 0) is 6.18 Å². The number of carbonyl (C=O) groups is 1. The van der Waals surface area contributed by atoms with Gasteiger partial charge in [0.25, 0.3) is 0 Å². The number of hydrogen-bond donors (Lipinski definition) is 3. The molecule has 1 rings (SSSR count). The molecule has 0 aromatic heterocycles. The molecule has 0 aliphatic rings. The number of halogens is 3. The molecule has 7 heteroatoms. The largest absolute Gasteiger partial charge is 0.416 e. The molecule has 0 saturated heterocycles. The molecule has 0 saturated carbocycles. The number of alkyl halides is 3. The Morgan fingerprint density at radius 3 is 2.63 bits per heavy atom. The van der Waals surface area contributed by atoms with Crippen molar-refractivity contribution >= 4 is 11.7 Å². The Hall–Kier alpha value is -1.76. The molecular weight excluding hydrogens is 261 g/mol. The Balaban J connectivity index is 2.70. The van der Waals surface area contributed by atoms with E-state index in [4.69, 9.17) is 5.11 Å². The van der Waals surface area contributed by atoms with E-state index in [-0.39, 0.29) is 12.3 Å². The highest BCUT2D eigenvalue weighted by atomic mass is 19.4. The average Bonchev–Trinajstić information content (AvgIpc) is 2.35. The van der Waals surface area contributed by atoms with Gasteiger partial charge in [-0.15, -0.1) is 0 Å². The van der Waals surface area contributed by atoms with E-state index in [0.717, 1.165) is 12.1 Å². The first-order chi connectivity index (χ1) is 8.86. The lowest BCUT2D eigenvalue weighted by Gasteiger charge is -2.15. The highest BCUT2D eigenvalue weighted by molar-refractivity contribution is 5.89. The minimum absolute atomic E-state index is 0.0418. The Kier molecular flexibility index (Phi) is 5.17. The first-order valence-electron chi connectivity index (χ1n) is 5.72. The van der Waals surface area contributed by atoms with Gasteiger partial charge in [-0.2, -0.15) is 13.2 Å². The van der Waals surface area contributed by atoms with E-state index in [1.807, 2.05) is 0 Å². The molecule has 0 bridgehead atoms. The van der Waals surface area contributed by atoms with Crippen LogP contribution in [0.4, 0.5) is 23.7 Å². The summed E-state index contributed by atoms with van der Waals surface area (Å²) < 4.78 is 37.4. The van der Waals surface area contributed by atoms with Crippen LogP contribution in [0, 0.1) is 0 Å². The third-order valence-corrected chi connectivity index (χ3v) is 2.50. The summed E-state index contributed by atoms with van der Waals surface area (Å²) in [5.41, 5.74) is -0.792. The minimum Gasteiger partial charge on any atom is -0.394 e. The van der Waals surface area contributed by atoms with Crippen molar-refractivity contribution < 1.29 is 23.1 Å². The van der Waals surface area contributed by atoms with Gasteiger partial charge in [0.1, 0.15) is 0 Å². The van der Waals surface area contributed by atoms with Gasteiger partial charge < -0.3 is 15.7 Å². The third-order valence-electron chi connectivity index (χ3n) is 2.50. The summed E-state index contributed by atoms with van der Waals surface area (Å²) in [6.45, 7) is 1.54. The molecule has 0 spiro atoms. The molecule has 2 amide bonds. The number of amides is 2. The van der Waals surface area contributed by atoms with Gasteiger partial charge in [-0.3, -0.25) is 0 Å². The molecule has 4 nitrogen and oxygen atoms in total. The van der Waals surface area contributed by atoms with Gasteiger partial charge in [0.2, 0.25) is 0 Å². The predicted octanol–water partition coefficient (Wildman–Crippen LogP) is 2.60. The van der Waals surface area contributed by atoms with Gasteiger partial charge in [-0.25, -0.2) is 4.79 Å². The third kappa shape index (κ3) is 4.78. The lowest BCUT2D eigenvalue weighted by molar-refractivity contribution is -0.137. The molecule has 1 unspecified atom stereocenters. The normalized spacial score (nSPS) is 12.9. The van der Waals surface area contributed by atoms with Gasteiger partial charge >= 0.3 is 12.2 Å². The first-order valence-corrected chi connectivity index (χ1v) is 5.72. The van der Waals surface area contributed by atoms with Gasteiger partial charge in [-0.1, -0.05) is 13.0 Å². The molecule has 1 aromatic rings. The smallest absolute Gasteiger partial charge is 0.394 e. The number of rotatable bonds is 4. The maximum Gasteiger partial charge on any atom is 0.416 e. The first kappa shape index (κ1) is 15.3. The fourth-order valence-corrected chi connectivity index (χ4v) is 1.40. The molecule has 0 radical (unpaired) electrons. The van der Waals surface area contributed by atoms with Crippen molar-refractivity contribution in [2.75, 3.05) is 11.9 Å². The molecule has 1 aromatic carbocycles. The zero-order valence-electron chi connectivity index (χ0n) is 10.3. The van der Waals surface area contributed by atoms with Gasteiger partial charge in [0, 0.05) is 5.69 Å². The second-order valence-corrected chi connectivity index (χ2v) is 3.96. The summed E-state index contributed by atoms with van der Waals surface area (Å²) in [6.07, 6.45) is -3.93. The molecule has 1 atom stereocenters. The highest BCUT2D eigenvalue weighted by Crippen LogP contribution is 2.30. The molecule has 0 heterocycles. The molecular formula is C12H15F3N2O2. The molecule has 0 aliphatic heterocycles. The Morgan fingerprint density at radius 2 is 2.11 bits per heavy atom. The Labute approximate surface area is 108 Å². The number of aliphatic hydroxyl groups excluding tert-OH is 1. The van der Waals surface area contributed by atoms with Crippen molar-refractivity contribution in [1.82, 2.24) is 5.32 Å². The van der Waals surface area contributed by atoms with Crippen molar-refractivity contribution in [2.45, 2.75) is 25.6 Å². The van der Waals surface area contributed by atoms with E-state index in [9.17, 15) is 18.0 Å². The molecule has 106 valence electrons. The summed E-state index contributed by atoms with van der Waals surface area (Å²) in [5, 5.41) is 13.6. The fourth-order valence-electron chi connectivity index (χ4n) is 1.40. The van der Waals surface area contributed by atoms with E-state index in [0.29, 0.717) is 6.42 Å². The van der Waals surface area contributed by atoms with Crippen LogP contribution in [0.3, 0.4) is 0 Å². The summed E-state index contributed by atoms with van der Waals surface area (Å²) in [7, 11) is 0. The molecule has 3 N–H and O–H groups in total. The van der Waals surface area contributed by atoms with Crippen LogP contribution in [0.5, 0.6) is 0 Å². The predicted molar refractivity (Wildman–Crippen MR) is 64.8 cm³/mol. The monoisotopic (exact) mass is 276 g/mol. The van der Waals surface area contributed by atoms with Gasteiger partial charge in [0.05, 0.1) is 18.2 Å². The van der Waals surface area contributed by atoms with E-state index in [1.54, 1.807) is 6.92 Å². The van der Waals surface area contributed by atoms with Crippen LogP contribution in [0.25, 0.3) is 0 Å². The van der Waals surface area contributed by atoms with Crippen molar-refractivity contribution in [3.63, 3.8) is 0 Å². The number of benzene rings is 1. The van der Waals surface area contributed by atoms with Crippen LogP contribution >= 0.6 is 0 Å². The Bertz CT molecular complexity index is 431. The summed E-state index contributed by atoms with van der Waals surface area (Å²) in [4.78, 5) is 11.5. The zero-order chi connectivity index (χ0) is 14.5. The number of urea groups is 1. The van der Waals surface area contributed by atoms with E-state index in [2.05, 4.69) is 10.6 Å². The second-order valence-electron chi connectivity index (χ2n) is 3.96. The quantitative estimate of drug-likeness (QED) is 0.791. The second kappa shape index (κ2) is 6.42. The summed E-state index contributed by atoms with van der Waals surface area (Å²) in [5.74, 6) is 0. The zero-order valence-corrected chi connectivity index (χ0v) is 10.3. The van der Waals surface area contributed by atoms with Crippen LogP contribution in [0.2, 0.25) is 0 Å². The molecule has 0 aliphatic carbocycles. The average molecular weight is 276 g/mol. The van der Waals surface area contributed by atoms with Gasteiger partial charge in [0.15, 0.2) is 0 Å². The number of aliphatic hydroxyl groups is 1. The van der Waals surface area contributed by atoms with Crippen LogP contribution in [0.1, 0.15) is 18.9 Å². The summed E-state index contributed by atoms with van der Waals surface area (Å²) >= 11 is 0. The lowest BCUT2D eigenvalue weighted by atomic mass is 10.2. The van der Waals surface area contributed by atoms with Crippen LogP contribution in [-0.4, -0.2) is 23.8 Å². The maximum atomic E-state index is 12.5. The highest BCUT2D eigenvalue weighted by Gasteiger charge is 2.30. The summed E-state index contributed by atoms with van der Waals surface area (Å²) in [6, 6.07) is 3.26. The minimum atomic E-state index is -4.45. The standard InChI is InChI=1S/C12H15F3N2O2/c1-2-9(7-18)16-11(19)17-10-5-3-4-8(6-10)12(13,14)15/h3-6,9,18H,2,7H2,1H3,(H2,16,17,19). The number of carbonyl (C=O) groups excluding carboxylic acids is 1. The fraction of sp³-hybridized carbons (Fsp3) is 0.417. The molecule has 19 heavy (non-hydrogen) atoms. The number of nitrogens with one attached hydrogen (secondary N) is 2. The van der Waals surface area contributed by atoms with Crippen molar-refractivity contribution in [2.24, 2.45) is 0 Å². The van der Waals surface area contributed by atoms with Crippen LogP contribution < -0.4 is 10.6 Å². The van der Waals surface area contributed by atoms with Crippen molar-refractivity contribution in [1.29, 1.82) is 0 Å². The number of hydrogen-bond acceptors (Lipinski definition) is 2. The van der Waals surface area contributed by atoms with Crippen molar-refractivity contribution in [3.8, 4) is 0 Å². The number of anilines is 1. The molecule has 0 fully saturated rings. The Morgan fingerprint density at radius 1 is 1.42 bits per heavy atom.